The third kappa shape index (κ3) is 3.67. The number of carbonyl (C=O) groups is 2. The van der Waals surface area contributed by atoms with Crippen LogP contribution in [0.25, 0.3) is 0 Å². The van der Waals surface area contributed by atoms with E-state index in [1.807, 2.05) is 0 Å². The number of hydrogen-bond donors (Lipinski definition) is 3. The summed E-state index contributed by atoms with van der Waals surface area (Å²) in [6.45, 7) is 0. The number of anilines is 3. The molecule has 0 atom stereocenters. The van der Waals surface area contributed by atoms with Gasteiger partial charge in [-0.25, -0.2) is 4.31 Å². The predicted molar refractivity (Wildman–Crippen MR) is 119 cm³/mol. The number of carbonyl (C=O) groups excluding carboxylic acids is 2. The molecule has 0 bridgehead atoms. The molecule has 0 saturated heterocycles. The molecular weight excluding hydrogens is 496 g/mol. The van der Waals surface area contributed by atoms with Crippen LogP contribution in [0, 0.1) is 0 Å². The molecule has 1 aliphatic rings. The maximum absolute atomic E-state index is 13.4. The van der Waals surface area contributed by atoms with Crippen LogP contribution in [0.1, 0.15) is 31.8 Å². The van der Waals surface area contributed by atoms with E-state index in [2.05, 4.69) is 0 Å². The van der Waals surface area contributed by atoms with Crippen LogP contribution in [-0.2, 0) is 20.4 Å². The standard InChI is InChI=1S/C20H13ClN2O8S2/c21-12-7-3-4-8-13(12)23(33(29,30)31)14-9-15(32(26,27)28)18(22)17-16(14)19(24)10-5-1-2-6-11(10)20(17)25/h1-9H,22H2,(H,26,27,28)(H,29,30,31). The summed E-state index contributed by atoms with van der Waals surface area (Å²) < 4.78 is 68.8. The molecule has 0 heterocycles. The number of nitrogens with two attached hydrogens (primary N) is 1. The van der Waals surface area contributed by atoms with E-state index in [1.165, 1.54) is 48.5 Å². The van der Waals surface area contributed by atoms with Crippen LogP contribution < -0.4 is 10.0 Å². The van der Waals surface area contributed by atoms with Crippen LogP contribution in [0.2, 0.25) is 5.02 Å². The molecule has 0 fully saturated rings. The number of ketones is 2. The van der Waals surface area contributed by atoms with E-state index in [0.29, 0.717) is 6.07 Å². The Morgan fingerprint density at radius 2 is 1.30 bits per heavy atom. The van der Waals surface area contributed by atoms with Crippen LogP contribution in [0.4, 0.5) is 17.1 Å². The Kier molecular flexibility index (Phi) is 5.30. The second-order valence-electron chi connectivity index (χ2n) is 6.93. The zero-order valence-electron chi connectivity index (χ0n) is 16.3. The van der Waals surface area contributed by atoms with E-state index < -0.39 is 59.4 Å². The number of nitrogen functional groups attached to an aromatic ring is 1. The van der Waals surface area contributed by atoms with Gasteiger partial charge in [0.2, 0.25) is 0 Å². The summed E-state index contributed by atoms with van der Waals surface area (Å²) in [4.78, 5) is 25.6. The maximum Gasteiger partial charge on any atom is 0.364 e. The first-order chi connectivity index (χ1) is 15.3. The number of fused-ring (bicyclic) bond motifs is 2. The molecule has 4 N–H and O–H groups in total. The van der Waals surface area contributed by atoms with Gasteiger partial charge in [-0.2, -0.15) is 16.8 Å². The zero-order chi connectivity index (χ0) is 24.3. The Hall–Kier alpha value is -3.29. The minimum Gasteiger partial charge on any atom is -0.397 e. The van der Waals surface area contributed by atoms with Gasteiger partial charge in [0.05, 0.1) is 33.2 Å². The Morgan fingerprint density at radius 3 is 1.82 bits per heavy atom. The van der Waals surface area contributed by atoms with Crippen LogP contribution in [0.3, 0.4) is 0 Å². The van der Waals surface area contributed by atoms with Gasteiger partial charge in [0.25, 0.3) is 10.1 Å². The molecular formula is C20H13ClN2O8S2. The molecule has 0 spiro atoms. The molecule has 170 valence electrons. The van der Waals surface area contributed by atoms with Crippen molar-refractivity contribution >= 4 is 60.7 Å². The van der Waals surface area contributed by atoms with Gasteiger partial charge in [0.15, 0.2) is 11.6 Å². The third-order valence-electron chi connectivity index (χ3n) is 4.98. The van der Waals surface area contributed by atoms with Crippen molar-refractivity contribution < 1.29 is 35.5 Å². The van der Waals surface area contributed by atoms with Crippen molar-refractivity contribution in [3.8, 4) is 0 Å². The predicted octanol–water partition coefficient (Wildman–Crippen LogP) is 2.89. The molecule has 3 aromatic carbocycles. The number of benzene rings is 3. The van der Waals surface area contributed by atoms with Gasteiger partial charge in [0.1, 0.15) is 4.90 Å². The number of nitrogens with zero attached hydrogens (tertiary/aromatic N) is 1. The summed E-state index contributed by atoms with van der Waals surface area (Å²) in [6, 6.07) is 11.4. The molecule has 1 aliphatic carbocycles. The lowest BCUT2D eigenvalue weighted by atomic mass is 9.82. The lowest BCUT2D eigenvalue weighted by molar-refractivity contribution is 0.0980. The highest BCUT2D eigenvalue weighted by Crippen LogP contribution is 2.44. The van der Waals surface area contributed by atoms with E-state index in [9.17, 15) is 35.5 Å². The van der Waals surface area contributed by atoms with Crippen LogP contribution in [0.5, 0.6) is 0 Å². The molecule has 0 aliphatic heterocycles. The zero-order valence-corrected chi connectivity index (χ0v) is 18.6. The average molecular weight is 509 g/mol. The van der Waals surface area contributed by atoms with Crippen molar-refractivity contribution in [1.82, 2.24) is 0 Å². The molecule has 3 aromatic rings. The van der Waals surface area contributed by atoms with Gasteiger partial charge in [-0.3, -0.25) is 18.7 Å². The fourth-order valence-electron chi connectivity index (χ4n) is 3.64. The monoisotopic (exact) mass is 508 g/mol. The molecule has 33 heavy (non-hydrogen) atoms. The van der Waals surface area contributed by atoms with Crippen molar-refractivity contribution in [3.05, 3.63) is 81.9 Å². The molecule has 10 nitrogen and oxygen atoms in total. The quantitative estimate of drug-likeness (QED) is 0.276. The van der Waals surface area contributed by atoms with E-state index >= 15 is 0 Å². The fraction of sp³-hybridized carbons (Fsp3) is 0. The van der Waals surface area contributed by atoms with Crippen molar-refractivity contribution in [2.75, 3.05) is 10.0 Å². The highest BCUT2D eigenvalue weighted by Gasteiger charge is 2.40. The fourth-order valence-corrected chi connectivity index (χ4v) is 5.35. The van der Waals surface area contributed by atoms with Gasteiger partial charge >= 0.3 is 10.3 Å². The lowest BCUT2D eigenvalue weighted by Crippen LogP contribution is -2.31. The van der Waals surface area contributed by atoms with Crippen molar-refractivity contribution in [3.63, 3.8) is 0 Å². The summed E-state index contributed by atoms with van der Waals surface area (Å²) in [5.74, 6) is -1.73. The third-order valence-corrected chi connectivity index (χ3v) is 7.05. The average Bonchev–Trinajstić information content (AvgIpc) is 2.72. The molecule has 0 amide bonds. The van der Waals surface area contributed by atoms with Crippen molar-refractivity contribution in [1.29, 1.82) is 0 Å². The number of rotatable bonds is 4. The van der Waals surface area contributed by atoms with Gasteiger partial charge in [-0.1, -0.05) is 48.0 Å². The Bertz CT molecular complexity index is 1580. The van der Waals surface area contributed by atoms with E-state index in [1.54, 1.807) is 0 Å². The maximum atomic E-state index is 13.4. The first kappa shape index (κ1) is 22.9. The van der Waals surface area contributed by atoms with Crippen molar-refractivity contribution in [2.24, 2.45) is 0 Å². The number of halogens is 1. The first-order valence-corrected chi connectivity index (χ1v) is 12.2. The summed E-state index contributed by atoms with van der Waals surface area (Å²) in [5.41, 5.74) is 2.62. The molecule has 4 rings (SSSR count). The van der Waals surface area contributed by atoms with Gasteiger partial charge in [0, 0.05) is 11.1 Å². The lowest BCUT2D eigenvalue weighted by Gasteiger charge is -2.28. The highest BCUT2D eigenvalue weighted by molar-refractivity contribution is 7.87. The van der Waals surface area contributed by atoms with E-state index in [-0.39, 0.29) is 26.1 Å². The second-order valence-corrected chi connectivity index (χ2v) is 9.99. The van der Waals surface area contributed by atoms with E-state index in [4.69, 9.17) is 17.3 Å². The normalized spacial score (nSPS) is 13.4. The summed E-state index contributed by atoms with van der Waals surface area (Å²) >= 11 is 6.10. The Morgan fingerprint density at radius 1 is 0.788 bits per heavy atom. The number of hydrogen-bond acceptors (Lipinski definition) is 7. The van der Waals surface area contributed by atoms with Gasteiger partial charge < -0.3 is 5.73 Å². The molecule has 0 saturated carbocycles. The SMILES string of the molecule is Nc1c(S(=O)(=O)O)cc(N(c2ccccc2Cl)S(=O)(=O)O)c2c1C(=O)c1ccccc1C2=O. The minimum absolute atomic E-state index is 0.0929. The largest absolute Gasteiger partial charge is 0.397 e. The van der Waals surface area contributed by atoms with Gasteiger partial charge in [-0.05, 0) is 18.2 Å². The van der Waals surface area contributed by atoms with E-state index in [0.717, 1.165) is 0 Å². The first-order valence-electron chi connectivity index (χ1n) is 8.98. The Balaban J connectivity index is 2.21. The van der Waals surface area contributed by atoms with Gasteiger partial charge in [-0.15, -0.1) is 0 Å². The minimum atomic E-state index is -5.25. The second kappa shape index (κ2) is 7.64. The van der Waals surface area contributed by atoms with Crippen LogP contribution in [-0.4, -0.2) is 37.5 Å². The van der Waals surface area contributed by atoms with Crippen LogP contribution >= 0.6 is 11.6 Å². The Labute approximate surface area is 192 Å². The highest BCUT2D eigenvalue weighted by atomic mass is 35.5. The smallest absolute Gasteiger partial charge is 0.364 e. The number of para-hydroxylation sites is 1. The molecule has 13 heteroatoms. The summed E-state index contributed by atoms with van der Waals surface area (Å²) in [5, 5.41) is -0.191. The van der Waals surface area contributed by atoms with Crippen LogP contribution in [0.15, 0.2) is 59.5 Å². The summed E-state index contributed by atoms with van der Waals surface area (Å²) in [6.07, 6.45) is 0. The molecule has 0 aromatic heterocycles. The van der Waals surface area contributed by atoms with Crippen molar-refractivity contribution in [2.45, 2.75) is 4.90 Å². The molecule has 0 radical (unpaired) electrons. The summed E-state index contributed by atoms with van der Waals surface area (Å²) in [7, 11) is -10.4. The topological polar surface area (TPSA) is 172 Å². The molecule has 0 unspecified atom stereocenters.